The summed E-state index contributed by atoms with van der Waals surface area (Å²) in [5.74, 6) is 0. The van der Waals surface area contributed by atoms with E-state index in [4.69, 9.17) is 4.74 Å². The molecule has 21 heavy (non-hydrogen) atoms. The molecule has 2 atom stereocenters. The van der Waals surface area contributed by atoms with E-state index in [9.17, 15) is 4.79 Å². The van der Waals surface area contributed by atoms with Crippen molar-refractivity contribution in [2.75, 3.05) is 19.6 Å². The summed E-state index contributed by atoms with van der Waals surface area (Å²) < 4.78 is 5.40. The minimum atomic E-state index is -0.0971. The van der Waals surface area contributed by atoms with Gasteiger partial charge in [0.2, 0.25) is 0 Å². The maximum Gasteiger partial charge on any atom is 0.410 e. The predicted molar refractivity (Wildman–Crippen MR) is 85.5 cm³/mol. The molecule has 0 N–H and O–H groups in total. The van der Waals surface area contributed by atoms with Gasteiger partial charge in [-0.25, -0.2) is 4.79 Å². The summed E-state index contributed by atoms with van der Waals surface area (Å²) in [4.78, 5) is 16.8. The van der Waals surface area contributed by atoms with Gasteiger partial charge in [-0.05, 0) is 39.7 Å². The Bertz CT molecular complexity index is 319. The van der Waals surface area contributed by atoms with Crippen LogP contribution in [0.3, 0.4) is 0 Å². The number of carbonyl (C=O) groups excluding carboxylic acids is 1. The SMILES string of the molecule is CCCCCCCN1CC2CCC(C1)N2C(=O)OC(C)C. The molecule has 2 aliphatic heterocycles. The second-order valence-corrected chi connectivity index (χ2v) is 6.90. The summed E-state index contributed by atoms with van der Waals surface area (Å²) in [7, 11) is 0. The summed E-state index contributed by atoms with van der Waals surface area (Å²) in [5.41, 5.74) is 0. The lowest BCUT2D eigenvalue weighted by molar-refractivity contribution is 0.0277. The molecule has 4 heteroatoms. The molecule has 0 aromatic rings. The highest BCUT2D eigenvalue weighted by molar-refractivity contribution is 5.69. The van der Waals surface area contributed by atoms with Crippen molar-refractivity contribution in [3.05, 3.63) is 0 Å². The molecule has 2 bridgehead atoms. The van der Waals surface area contributed by atoms with Gasteiger partial charge in [0.25, 0.3) is 0 Å². The van der Waals surface area contributed by atoms with Crippen LogP contribution in [-0.2, 0) is 4.74 Å². The molecule has 2 saturated heterocycles. The predicted octanol–water partition coefficient (Wildman–Crippen LogP) is 3.65. The third-order valence-corrected chi connectivity index (χ3v) is 4.68. The molecule has 0 aromatic heterocycles. The van der Waals surface area contributed by atoms with Gasteiger partial charge in [0.1, 0.15) is 0 Å². The van der Waals surface area contributed by atoms with E-state index in [1.165, 1.54) is 38.6 Å². The van der Waals surface area contributed by atoms with Crippen LogP contribution in [0.2, 0.25) is 0 Å². The van der Waals surface area contributed by atoms with E-state index < -0.39 is 0 Å². The van der Waals surface area contributed by atoms with Crippen molar-refractivity contribution < 1.29 is 9.53 Å². The van der Waals surface area contributed by atoms with Crippen molar-refractivity contribution in [1.29, 1.82) is 0 Å². The van der Waals surface area contributed by atoms with Gasteiger partial charge in [-0.15, -0.1) is 0 Å². The van der Waals surface area contributed by atoms with Gasteiger partial charge < -0.3 is 4.74 Å². The van der Waals surface area contributed by atoms with Crippen molar-refractivity contribution in [3.63, 3.8) is 0 Å². The van der Waals surface area contributed by atoms with Gasteiger partial charge in [-0.2, -0.15) is 0 Å². The van der Waals surface area contributed by atoms with Gasteiger partial charge in [0.05, 0.1) is 6.10 Å². The smallest absolute Gasteiger partial charge is 0.410 e. The molecular weight excluding hydrogens is 264 g/mol. The van der Waals surface area contributed by atoms with Crippen LogP contribution < -0.4 is 0 Å². The molecule has 0 aromatic carbocycles. The second kappa shape index (κ2) is 8.02. The van der Waals surface area contributed by atoms with Gasteiger partial charge >= 0.3 is 6.09 Å². The highest BCUT2D eigenvalue weighted by atomic mass is 16.6. The Morgan fingerprint density at radius 2 is 1.71 bits per heavy atom. The number of unbranched alkanes of at least 4 members (excludes halogenated alkanes) is 4. The Labute approximate surface area is 129 Å². The van der Waals surface area contributed by atoms with Crippen LogP contribution in [0.1, 0.15) is 65.7 Å². The lowest BCUT2D eigenvalue weighted by atomic mass is 10.1. The van der Waals surface area contributed by atoms with Crippen LogP contribution in [0.25, 0.3) is 0 Å². The number of ether oxygens (including phenoxy) is 1. The fourth-order valence-corrected chi connectivity index (χ4v) is 3.67. The highest BCUT2D eigenvalue weighted by Crippen LogP contribution is 2.31. The van der Waals surface area contributed by atoms with Crippen molar-refractivity contribution in [2.24, 2.45) is 0 Å². The van der Waals surface area contributed by atoms with Crippen LogP contribution in [0.4, 0.5) is 4.79 Å². The maximum absolute atomic E-state index is 12.2. The molecule has 4 nitrogen and oxygen atoms in total. The van der Waals surface area contributed by atoms with E-state index >= 15 is 0 Å². The monoisotopic (exact) mass is 296 g/mol. The zero-order valence-electron chi connectivity index (χ0n) is 14.0. The Hall–Kier alpha value is -0.770. The molecule has 0 saturated carbocycles. The van der Waals surface area contributed by atoms with Crippen molar-refractivity contribution >= 4 is 6.09 Å². The number of rotatable bonds is 7. The molecule has 2 aliphatic rings. The molecule has 0 radical (unpaired) electrons. The summed E-state index contributed by atoms with van der Waals surface area (Å²) in [6.45, 7) is 9.38. The lowest BCUT2D eigenvalue weighted by Crippen LogP contribution is -2.56. The molecule has 2 rings (SSSR count). The number of piperazine rings is 1. The zero-order chi connectivity index (χ0) is 15.2. The largest absolute Gasteiger partial charge is 0.447 e. The van der Waals surface area contributed by atoms with Gasteiger partial charge in [0.15, 0.2) is 0 Å². The number of likely N-dealkylation sites (tertiary alicyclic amines) is 1. The molecule has 2 unspecified atom stereocenters. The van der Waals surface area contributed by atoms with E-state index in [0.29, 0.717) is 12.1 Å². The summed E-state index contributed by atoms with van der Waals surface area (Å²) in [6.07, 6.45) is 8.85. The summed E-state index contributed by atoms with van der Waals surface area (Å²) in [5, 5.41) is 0. The first-order valence-corrected chi connectivity index (χ1v) is 8.83. The number of amides is 1. The molecule has 2 fully saturated rings. The number of hydrogen-bond donors (Lipinski definition) is 0. The molecule has 0 aliphatic carbocycles. The van der Waals surface area contributed by atoms with E-state index in [2.05, 4.69) is 11.8 Å². The third-order valence-electron chi connectivity index (χ3n) is 4.68. The average Bonchev–Trinajstić information content (AvgIpc) is 2.69. The second-order valence-electron chi connectivity index (χ2n) is 6.90. The van der Waals surface area contributed by atoms with Gasteiger partial charge in [-0.1, -0.05) is 32.6 Å². The molecule has 0 spiro atoms. The Balaban J connectivity index is 1.75. The van der Waals surface area contributed by atoms with Crippen LogP contribution in [-0.4, -0.2) is 53.7 Å². The number of carbonyl (C=O) groups is 1. The Kier molecular flexibility index (Phi) is 6.34. The highest BCUT2D eigenvalue weighted by Gasteiger charge is 2.43. The summed E-state index contributed by atoms with van der Waals surface area (Å²) in [6, 6.07) is 0.760. The molecule has 1 amide bonds. The van der Waals surface area contributed by atoms with Crippen molar-refractivity contribution in [2.45, 2.75) is 83.9 Å². The fourth-order valence-electron chi connectivity index (χ4n) is 3.67. The van der Waals surface area contributed by atoms with Crippen molar-refractivity contribution in [1.82, 2.24) is 9.80 Å². The van der Waals surface area contributed by atoms with Crippen LogP contribution in [0, 0.1) is 0 Å². The first-order valence-electron chi connectivity index (χ1n) is 8.83. The minimum absolute atomic E-state index is 0.0199. The standard InChI is InChI=1S/C17H32N2O2/c1-4-5-6-7-8-11-18-12-15-9-10-16(13-18)19(15)17(20)21-14(2)3/h14-16H,4-13H2,1-3H3. The Morgan fingerprint density at radius 3 is 2.29 bits per heavy atom. The zero-order valence-corrected chi connectivity index (χ0v) is 14.0. The minimum Gasteiger partial charge on any atom is -0.447 e. The van der Waals surface area contributed by atoms with E-state index in [1.54, 1.807) is 0 Å². The van der Waals surface area contributed by atoms with Crippen LogP contribution >= 0.6 is 0 Å². The average molecular weight is 296 g/mol. The fraction of sp³-hybridized carbons (Fsp3) is 0.941. The maximum atomic E-state index is 12.2. The van der Waals surface area contributed by atoms with Gasteiger partial charge in [0, 0.05) is 25.2 Å². The topological polar surface area (TPSA) is 32.8 Å². The Morgan fingerprint density at radius 1 is 1.10 bits per heavy atom. The summed E-state index contributed by atoms with van der Waals surface area (Å²) >= 11 is 0. The first kappa shape index (κ1) is 16.6. The molecule has 2 heterocycles. The van der Waals surface area contributed by atoms with Crippen LogP contribution in [0.15, 0.2) is 0 Å². The van der Waals surface area contributed by atoms with E-state index in [-0.39, 0.29) is 12.2 Å². The number of nitrogens with zero attached hydrogens (tertiary/aromatic N) is 2. The van der Waals surface area contributed by atoms with E-state index in [1.807, 2.05) is 18.7 Å². The first-order chi connectivity index (χ1) is 10.1. The van der Waals surface area contributed by atoms with E-state index in [0.717, 1.165) is 25.9 Å². The number of hydrogen-bond acceptors (Lipinski definition) is 3. The lowest BCUT2D eigenvalue weighted by Gasteiger charge is -2.40. The number of fused-ring (bicyclic) bond motifs is 2. The molecular formula is C17H32N2O2. The third kappa shape index (κ3) is 4.60. The normalized spacial score (nSPS) is 25.6. The quantitative estimate of drug-likeness (QED) is 0.672. The van der Waals surface area contributed by atoms with Crippen LogP contribution in [0.5, 0.6) is 0 Å². The van der Waals surface area contributed by atoms with Gasteiger partial charge in [-0.3, -0.25) is 9.80 Å². The molecule has 122 valence electrons. The van der Waals surface area contributed by atoms with Crippen molar-refractivity contribution in [3.8, 4) is 0 Å².